The van der Waals surface area contributed by atoms with E-state index in [0.717, 1.165) is 30.1 Å². The van der Waals surface area contributed by atoms with Gasteiger partial charge in [-0.2, -0.15) is 23.5 Å². The number of aliphatic hydroxyl groups excluding tert-OH is 1. The van der Waals surface area contributed by atoms with E-state index in [1.807, 2.05) is 35.7 Å². The molecule has 0 amide bonds. The second-order valence-corrected chi connectivity index (χ2v) is 7.59. The van der Waals surface area contributed by atoms with Gasteiger partial charge in [0.25, 0.3) is 0 Å². The fourth-order valence-electron chi connectivity index (χ4n) is 2.58. The lowest BCUT2D eigenvalue weighted by Crippen LogP contribution is -2.29. The average molecular weight is 282 g/mol. The second-order valence-electron chi connectivity index (χ2n) is 4.82. The van der Waals surface area contributed by atoms with Crippen molar-refractivity contribution in [3.63, 3.8) is 0 Å². The van der Waals surface area contributed by atoms with Gasteiger partial charge < -0.3 is 9.84 Å². The Labute approximate surface area is 116 Å². The van der Waals surface area contributed by atoms with E-state index >= 15 is 0 Å². The number of ether oxygens (including phenoxy) is 1. The lowest BCUT2D eigenvalue weighted by molar-refractivity contribution is 0.174. The molecule has 0 saturated carbocycles. The van der Waals surface area contributed by atoms with E-state index in [0.29, 0.717) is 10.5 Å². The maximum absolute atomic E-state index is 10.6. The van der Waals surface area contributed by atoms with E-state index in [4.69, 9.17) is 4.74 Å². The molecule has 0 aliphatic carbocycles. The van der Waals surface area contributed by atoms with Crippen molar-refractivity contribution in [2.75, 3.05) is 18.1 Å². The first-order chi connectivity index (χ1) is 8.75. The number of hydrogen-bond donors (Lipinski definition) is 1. The Morgan fingerprint density at radius 1 is 1.33 bits per heavy atom. The van der Waals surface area contributed by atoms with Crippen LogP contribution in [-0.2, 0) is 6.42 Å². The van der Waals surface area contributed by atoms with Crippen LogP contribution < -0.4 is 4.74 Å². The molecule has 2 aliphatic heterocycles. The molecule has 0 spiro atoms. The molecular formula is C14H18O2S2. The van der Waals surface area contributed by atoms with E-state index in [2.05, 4.69) is 13.0 Å². The molecule has 0 radical (unpaired) electrons. The molecule has 0 bridgehead atoms. The minimum atomic E-state index is -0.358. The number of fused-ring (bicyclic) bond motifs is 1. The van der Waals surface area contributed by atoms with Gasteiger partial charge in [0.15, 0.2) is 0 Å². The van der Waals surface area contributed by atoms with Gasteiger partial charge in [-0.15, -0.1) is 0 Å². The van der Waals surface area contributed by atoms with Crippen molar-refractivity contribution < 1.29 is 9.84 Å². The monoisotopic (exact) mass is 282 g/mol. The highest BCUT2D eigenvalue weighted by Crippen LogP contribution is 2.39. The van der Waals surface area contributed by atoms with Gasteiger partial charge in [0.2, 0.25) is 0 Å². The van der Waals surface area contributed by atoms with Crippen molar-refractivity contribution in [2.24, 2.45) is 0 Å². The van der Waals surface area contributed by atoms with Crippen LogP contribution >= 0.6 is 23.5 Å². The molecule has 2 heterocycles. The van der Waals surface area contributed by atoms with Gasteiger partial charge in [-0.1, -0.05) is 13.0 Å². The standard InChI is InChI=1S/C14H18O2S2/c1-9-14(18-7-6-17-9)13(15)11-2-3-12-10(8-11)4-5-16-12/h2-3,8-9,13-15H,4-7H2,1H3. The smallest absolute Gasteiger partial charge is 0.122 e. The molecule has 3 unspecified atom stereocenters. The first-order valence-electron chi connectivity index (χ1n) is 6.42. The predicted octanol–water partition coefficient (Wildman–Crippen LogP) is 2.89. The highest BCUT2D eigenvalue weighted by atomic mass is 32.2. The van der Waals surface area contributed by atoms with Crippen LogP contribution in [0.3, 0.4) is 0 Å². The summed E-state index contributed by atoms with van der Waals surface area (Å²) in [5, 5.41) is 11.4. The molecule has 2 aliphatic rings. The van der Waals surface area contributed by atoms with Crippen LogP contribution in [0, 0.1) is 0 Å². The molecule has 98 valence electrons. The zero-order valence-electron chi connectivity index (χ0n) is 10.5. The maximum atomic E-state index is 10.6. The van der Waals surface area contributed by atoms with Gasteiger partial charge in [0.1, 0.15) is 5.75 Å². The molecule has 1 N–H and O–H groups in total. The zero-order chi connectivity index (χ0) is 12.5. The van der Waals surface area contributed by atoms with E-state index in [9.17, 15) is 5.11 Å². The highest BCUT2D eigenvalue weighted by molar-refractivity contribution is 8.07. The van der Waals surface area contributed by atoms with E-state index in [1.54, 1.807) is 0 Å². The Bertz CT molecular complexity index is 436. The van der Waals surface area contributed by atoms with Crippen molar-refractivity contribution >= 4 is 23.5 Å². The Hall–Kier alpha value is -0.320. The summed E-state index contributed by atoms with van der Waals surface area (Å²) in [5.74, 6) is 3.34. The third kappa shape index (κ3) is 2.38. The minimum Gasteiger partial charge on any atom is -0.493 e. The molecule has 1 saturated heterocycles. The first kappa shape index (κ1) is 12.7. The average Bonchev–Trinajstić information content (AvgIpc) is 2.85. The van der Waals surface area contributed by atoms with Crippen molar-refractivity contribution in [1.29, 1.82) is 0 Å². The minimum absolute atomic E-state index is 0.309. The molecule has 1 aromatic rings. The van der Waals surface area contributed by atoms with E-state index in [-0.39, 0.29) is 6.10 Å². The quantitative estimate of drug-likeness (QED) is 0.903. The van der Waals surface area contributed by atoms with Crippen LogP contribution in [0.15, 0.2) is 18.2 Å². The fraction of sp³-hybridized carbons (Fsp3) is 0.571. The van der Waals surface area contributed by atoms with Crippen LogP contribution in [0.1, 0.15) is 24.2 Å². The van der Waals surface area contributed by atoms with Crippen LogP contribution in [0.4, 0.5) is 0 Å². The highest BCUT2D eigenvalue weighted by Gasteiger charge is 2.30. The number of hydrogen-bond acceptors (Lipinski definition) is 4. The summed E-state index contributed by atoms with van der Waals surface area (Å²) < 4.78 is 5.51. The number of aliphatic hydroxyl groups is 1. The fourth-order valence-corrected chi connectivity index (χ4v) is 5.41. The van der Waals surface area contributed by atoms with Crippen molar-refractivity contribution in [2.45, 2.75) is 29.9 Å². The summed E-state index contributed by atoms with van der Waals surface area (Å²) in [7, 11) is 0. The van der Waals surface area contributed by atoms with Crippen molar-refractivity contribution in [3.8, 4) is 5.75 Å². The topological polar surface area (TPSA) is 29.5 Å². The Balaban J connectivity index is 1.81. The molecule has 2 nitrogen and oxygen atoms in total. The molecule has 1 aromatic carbocycles. The summed E-state index contributed by atoms with van der Waals surface area (Å²) in [6.07, 6.45) is 0.613. The second kappa shape index (κ2) is 5.35. The van der Waals surface area contributed by atoms with Crippen LogP contribution in [0.2, 0.25) is 0 Å². The molecule has 1 fully saturated rings. The van der Waals surface area contributed by atoms with Gasteiger partial charge in [-0.05, 0) is 23.3 Å². The molecule has 18 heavy (non-hydrogen) atoms. The third-order valence-electron chi connectivity index (χ3n) is 3.60. The van der Waals surface area contributed by atoms with Crippen LogP contribution in [0.5, 0.6) is 5.75 Å². The summed E-state index contributed by atoms with van der Waals surface area (Å²) in [6, 6.07) is 6.15. The van der Waals surface area contributed by atoms with Crippen LogP contribution in [-0.4, -0.2) is 33.7 Å². The van der Waals surface area contributed by atoms with Crippen molar-refractivity contribution in [3.05, 3.63) is 29.3 Å². The lowest BCUT2D eigenvalue weighted by atomic mass is 10.0. The molecular weight excluding hydrogens is 264 g/mol. The van der Waals surface area contributed by atoms with Gasteiger partial charge in [-0.3, -0.25) is 0 Å². The first-order valence-corrected chi connectivity index (χ1v) is 8.52. The summed E-state index contributed by atoms with van der Waals surface area (Å²) in [4.78, 5) is 0. The molecule has 4 heteroatoms. The van der Waals surface area contributed by atoms with Crippen molar-refractivity contribution in [1.82, 2.24) is 0 Å². The third-order valence-corrected chi connectivity index (χ3v) is 6.78. The normalized spacial score (nSPS) is 28.6. The number of benzene rings is 1. The van der Waals surface area contributed by atoms with Gasteiger partial charge in [0.05, 0.1) is 12.7 Å². The maximum Gasteiger partial charge on any atom is 0.122 e. The zero-order valence-corrected chi connectivity index (χ0v) is 12.1. The SMILES string of the molecule is CC1SCCSC1C(O)c1ccc2c(c1)CCO2. The Morgan fingerprint density at radius 3 is 3.00 bits per heavy atom. The molecule has 0 aromatic heterocycles. The number of rotatable bonds is 2. The predicted molar refractivity (Wildman–Crippen MR) is 78.8 cm³/mol. The Morgan fingerprint density at radius 2 is 2.17 bits per heavy atom. The number of thioether (sulfide) groups is 2. The lowest BCUT2D eigenvalue weighted by Gasteiger charge is -2.32. The van der Waals surface area contributed by atoms with E-state index < -0.39 is 0 Å². The molecule has 3 atom stereocenters. The summed E-state index contributed by atoms with van der Waals surface area (Å²) >= 11 is 3.87. The largest absolute Gasteiger partial charge is 0.493 e. The van der Waals surface area contributed by atoms with Crippen LogP contribution in [0.25, 0.3) is 0 Å². The molecule has 3 rings (SSSR count). The van der Waals surface area contributed by atoms with E-state index in [1.165, 1.54) is 11.3 Å². The van der Waals surface area contributed by atoms with Gasteiger partial charge in [-0.25, -0.2) is 0 Å². The summed E-state index contributed by atoms with van der Waals surface area (Å²) in [5.41, 5.74) is 2.29. The Kier molecular flexibility index (Phi) is 3.78. The summed E-state index contributed by atoms with van der Waals surface area (Å²) in [6.45, 7) is 3.00. The van der Waals surface area contributed by atoms with Gasteiger partial charge >= 0.3 is 0 Å². The van der Waals surface area contributed by atoms with Gasteiger partial charge in [0, 0.05) is 28.4 Å².